The summed E-state index contributed by atoms with van der Waals surface area (Å²) in [5.41, 5.74) is 0.917. The zero-order valence-corrected chi connectivity index (χ0v) is 7.03. The maximum absolute atomic E-state index is 2.31. The molecule has 0 amide bonds. The van der Waals surface area contributed by atoms with Gasteiger partial charge in [0.05, 0.1) is 0 Å². The SMILES string of the molecule is CCCC1CC2(CCC2)C1. The molecule has 2 aliphatic carbocycles. The van der Waals surface area contributed by atoms with Gasteiger partial charge in [-0.05, 0) is 37.0 Å². The Morgan fingerprint density at radius 1 is 1.30 bits per heavy atom. The summed E-state index contributed by atoms with van der Waals surface area (Å²) in [6.07, 6.45) is 10.7. The molecule has 0 saturated heterocycles. The minimum absolute atomic E-state index is 0.917. The Morgan fingerprint density at radius 3 is 2.40 bits per heavy atom. The molecular formula is C10H18. The Bertz CT molecular complexity index is 114. The maximum atomic E-state index is 2.31. The van der Waals surface area contributed by atoms with Gasteiger partial charge in [-0.15, -0.1) is 0 Å². The van der Waals surface area contributed by atoms with Gasteiger partial charge in [0.2, 0.25) is 0 Å². The predicted molar refractivity (Wildman–Crippen MR) is 43.9 cm³/mol. The van der Waals surface area contributed by atoms with E-state index in [0.717, 1.165) is 11.3 Å². The van der Waals surface area contributed by atoms with Crippen molar-refractivity contribution in [1.82, 2.24) is 0 Å². The van der Waals surface area contributed by atoms with Crippen LogP contribution in [0.15, 0.2) is 0 Å². The van der Waals surface area contributed by atoms with E-state index in [1.54, 1.807) is 25.7 Å². The van der Waals surface area contributed by atoms with E-state index in [4.69, 9.17) is 0 Å². The molecule has 0 aliphatic heterocycles. The molecule has 0 aromatic rings. The van der Waals surface area contributed by atoms with Gasteiger partial charge in [-0.25, -0.2) is 0 Å². The second-order valence-corrected chi connectivity index (χ2v) is 4.42. The van der Waals surface area contributed by atoms with Gasteiger partial charge < -0.3 is 0 Å². The van der Waals surface area contributed by atoms with Crippen LogP contribution in [0.5, 0.6) is 0 Å². The highest BCUT2D eigenvalue weighted by Crippen LogP contribution is 2.59. The summed E-state index contributed by atoms with van der Waals surface area (Å²) < 4.78 is 0. The molecule has 0 unspecified atom stereocenters. The highest BCUT2D eigenvalue weighted by molar-refractivity contribution is 4.98. The van der Waals surface area contributed by atoms with Crippen LogP contribution in [0.2, 0.25) is 0 Å². The molecule has 1 spiro atoms. The highest BCUT2D eigenvalue weighted by Gasteiger charge is 2.47. The standard InChI is InChI=1S/C10H18/c1-2-4-9-7-10(8-9)5-3-6-10/h9H,2-8H2,1H3. The molecule has 2 saturated carbocycles. The van der Waals surface area contributed by atoms with Crippen molar-refractivity contribution in [3.63, 3.8) is 0 Å². The molecule has 0 N–H and O–H groups in total. The second kappa shape index (κ2) is 2.25. The van der Waals surface area contributed by atoms with Crippen molar-refractivity contribution >= 4 is 0 Å². The molecule has 0 heteroatoms. The van der Waals surface area contributed by atoms with Crippen LogP contribution in [-0.4, -0.2) is 0 Å². The minimum Gasteiger partial charge on any atom is -0.0654 e. The maximum Gasteiger partial charge on any atom is -0.0292 e. The van der Waals surface area contributed by atoms with Gasteiger partial charge in [0.15, 0.2) is 0 Å². The normalized spacial score (nSPS) is 29.7. The predicted octanol–water partition coefficient (Wildman–Crippen LogP) is 3.37. The third kappa shape index (κ3) is 0.889. The third-order valence-electron chi connectivity index (χ3n) is 3.55. The van der Waals surface area contributed by atoms with Crippen molar-refractivity contribution in [3.8, 4) is 0 Å². The van der Waals surface area contributed by atoms with E-state index in [9.17, 15) is 0 Å². The van der Waals surface area contributed by atoms with Crippen molar-refractivity contribution in [2.75, 3.05) is 0 Å². The van der Waals surface area contributed by atoms with Crippen LogP contribution >= 0.6 is 0 Å². The topological polar surface area (TPSA) is 0 Å². The molecule has 0 heterocycles. The van der Waals surface area contributed by atoms with Crippen molar-refractivity contribution < 1.29 is 0 Å². The lowest BCUT2D eigenvalue weighted by Gasteiger charge is -2.54. The van der Waals surface area contributed by atoms with E-state index < -0.39 is 0 Å². The smallest absolute Gasteiger partial charge is 0.0292 e. The van der Waals surface area contributed by atoms with E-state index in [1.165, 1.54) is 19.3 Å². The Balaban J connectivity index is 1.72. The summed E-state index contributed by atoms with van der Waals surface area (Å²) in [4.78, 5) is 0. The molecule has 0 atom stereocenters. The van der Waals surface area contributed by atoms with Gasteiger partial charge in [-0.1, -0.05) is 26.2 Å². The number of hydrogen-bond acceptors (Lipinski definition) is 0. The van der Waals surface area contributed by atoms with Gasteiger partial charge >= 0.3 is 0 Å². The van der Waals surface area contributed by atoms with E-state index >= 15 is 0 Å². The first-order valence-corrected chi connectivity index (χ1v) is 4.85. The van der Waals surface area contributed by atoms with Gasteiger partial charge in [0.25, 0.3) is 0 Å². The van der Waals surface area contributed by atoms with Crippen LogP contribution in [0, 0.1) is 11.3 Å². The zero-order valence-electron chi connectivity index (χ0n) is 7.03. The van der Waals surface area contributed by atoms with E-state index in [2.05, 4.69) is 6.92 Å². The summed E-state index contributed by atoms with van der Waals surface area (Å²) in [5, 5.41) is 0. The molecular weight excluding hydrogens is 120 g/mol. The molecule has 2 rings (SSSR count). The fraction of sp³-hybridized carbons (Fsp3) is 1.00. The Labute approximate surface area is 64.0 Å². The first kappa shape index (κ1) is 6.69. The van der Waals surface area contributed by atoms with Crippen LogP contribution in [0.3, 0.4) is 0 Å². The van der Waals surface area contributed by atoms with Crippen LogP contribution in [0.1, 0.15) is 51.9 Å². The van der Waals surface area contributed by atoms with Crippen LogP contribution in [0.25, 0.3) is 0 Å². The quantitative estimate of drug-likeness (QED) is 0.549. The molecule has 0 radical (unpaired) electrons. The third-order valence-corrected chi connectivity index (χ3v) is 3.55. The molecule has 10 heavy (non-hydrogen) atoms. The van der Waals surface area contributed by atoms with E-state index in [1.807, 2.05) is 0 Å². The largest absolute Gasteiger partial charge is 0.0654 e. The molecule has 58 valence electrons. The first-order chi connectivity index (χ1) is 4.85. The lowest BCUT2D eigenvalue weighted by atomic mass is 9.51. The Kier molecular flexibility index (Phi) is 1.51. The number of rotatable bonds is 2. The van der Waals surface area contributed by atoms with Gasteiger partial charge in [-0.2, -0.15) is 0 Å². The number of hydrogen-bond donors (Lipinski definition) is 0. The highest BCUT2D eigenvalue weighted by atomic mass is 14.5. The average molecular weight is 138 g/mol. The molecule has 0 nitrogen and oxygen atoms in total. The van der Waals surface area contributed by atoms with Gasteiger partial charge in [0.1, 0.15) is 0 Å². The molecule has 2 fully saturated rings. The van der Waals surface area contributed by atoms with Crippen LogP contribution in [0.4, 0.5) is 0 Å². The van der Waals surface area contributed by atoms with Crippen LogP contribution < -0.4 is 0 Å². The summed E-state index contributed by atoms with van der Waals surface area (Å²) in [7, 11) is 0. The van der Waals surface area contributed by atoms with Gasteiger partial charge in [-0.3, -0.25) is 0 Å². The van der Waals surface area contributed by atoms with E-state index in [-0.39, 0.29) is 0 Å². The summed E-state index contributed by atoms with van der Waals surface area (Å²) in [6.45, 7) is 2.31. The molecule has 0 aromatic heterocycles. The average Bonchev–Trinajstić information content (AvgIpc) is 1.72. The van der Waals surface area contributed by atoms with Crippen molar-refractivity contribution in [2.24, 2.45) is 11.3 Å². The van der Waals surface area contributed by atoms with Crippen molar-refractivity contribution in [1.29, 1.82) is 0 Å². The first-order valence-electron chi connectivity index (χ1n) is 4.85. The molecule has 2 aliphatic rings. The van der Waals surface area contributed by atoms with E-state index in [0.29, 0.717) is 0 Å². The fourth-order valence-corrected chi connectivity index (χ4v) is 2.86. The molecule has 0 bridgehead atoms. The van der Waals surface area contributed by atoms with Crippen LogP contribution in [-0.2, 0) is 0 Å². The Hall–Kier alpha value is 0. The van der Waals surface area contributed by atoms with Gasteiger partial charge in [0, 0.05) is 0 Å². The molecule has 0 aromatic carbocycles. The minimum atomic E-state index is 0.917. The summed E-state index contributed by atoms with van der Waals surface area (Å²) in [5.74, 6) is 1.13. The Morgan fingerprint density at radius 2 is 2.00 bits per heavy atom. The summed E-state index contributed by atoms with van der Waals surface area (Å²) >= 11 is 0. The van der Waals surface area contributed by atoms with Crippen molar-refractivity contribution in [2.45, 2.75) is 51.9 Å². The summed E-state index contributed by atoms with van der Waals surface area (Å²) in [6, 6.07) is 0. The fourth-order valence-electron chi connectivity index (χ4n) is 2.86. The van der Waals surface area contributed by atoms with Crippen molar-refractivity contribution in [3.05, 3.63) is 0 Å². The zero-order chi connectivity index (χ0) is 7.03. The lowest BCUT2D eigenvalue weighted by molar-refractivity contribution is -0.0278. The second-order valence-electron chi connectivity index (χ2n) is 4.42. The monoisotopic (exact) mass is 138 g/mol. The lowest BCUT2D eigenvalue weighted by Crippen LogP contribution is -2.42.